The fourth-order valence-electron chi connectivity index (χ4n) is 2.52. The van der Waals surface area contributed by atoms with Crippen molar-refractivity contribution in [3.8, 4) is 0 Å². The molecule has 0 spiro atoms. The van der Waals surface area contributed by atoms with Crippen LogP contribution in [0.5, 0.6) is 0 Å². The molecular weight excluding hydrogens is 244 g/mol. The summed E-state index contributed by atoms with van der Waals surface area (Å²) in [6, 6.07) is -0.928. The van der Waals surface area contributed by atoms with Crippen molar-refractivity contribution in [2.24, 2.45) is 23.3 Å². The van der Waals surface area contributed by atoms with Crippen LogP contribution in [0.4, 0.5) is 4.79 Å². The van der Waals surface area contributed by atoms with Crippen LogP contribution < -0.4 is 16.8 Å². The van der Waals surface area contributed by atoms with Crippen LogP contribution in [0.1, 0.15) is 33.1 Å². The van der Waals surface area contributed by atoms with Gasteiger partial charge in [-0.2, -0.15) is 0 Å². The Balaban J connectivity index is 2.44. The number of hydrogen-bond acceptors (Lipinski definition) is 3. The van der Waals surface area contributed by atoms with Crippen LogP contribution in [0.2, 0.25) is 0 Å². The molecule has 0 aromatic rings. The molecule has 0 aromatic carbocycles. The summed E-state index contributed by atoms with van der Waals surface area (Å²) in [5, 5.41) is 2.61. The smallest absolute Gasteiger partial charge is 0.312 e. The van der Waals surface area contributed by atoms with Gasteiger partial charge in [-0.25, -0.2) is 4.79 Å². The monoisotopic (exact) mass is 270 g/mol. The minimum Gasteiger partial charge on any atom is -0.352 e. The van der Waals surface area contributed by atoms with Gasteiger partial charge in [-0.15, -0.1) is 0 Å². The molecule has 1 unspecified atom stereocenters. The van der Waals surface area contributed by atoms with Crippen molar-refractivity contribution in [3.05, 3.63) is 0 Å². The van der Waals surface area contributed by atoms with Crippen LogP contribution >= 0.6 is 0 Å². The zero-order valence-corrected chi connectivity index (χ0v) is 11.9. The summed E-state index contributed by atoms with van der Waals surface area (Å²) in [5.41, 5.74) is 11.0. The molecule has 19 heavy (non-hydrogen) atoms. The Morgan fingerprint density at radius 3 is 2.68 bits per heavy atom. The van der Waals surface area contributed by atoms with E-state index >= 15 is 0 Å². The van der Waals surface area contributed by atoms with Gasteiger partial charge in [0.2, 0.25) is 5.91 Å². The Morgan fingerprint density at radius 2 is 2.11 bits per heavy atom. The zero-order chi connectivity index (χ0) is 14.4. The fourth-order valence-corrected chi connectivity index (χ4v) is 2.52. The SMILES string of the molecule is CC(C)C[C@H](N)C(=O)N1CCCC(CNC(N)=O)C1. The summed E-state index contributed by atoms with van der Waals surface area (Å²) in [5.74, 6) is 0.713. The molecule has 6 nitrogen and oxygen atoms in total. The van der Waals surface area contributed by atoms with E-state index in [1.165, 1.54) is 0 Å². The van der Waals surface area contributed by atoms with E-state index in [9.17, 15) is 9.59 Å². The summed E-state index contributed by atoms with van der Waals surface area (Å²) in [6.07, 6.45) is 2.66. The second kappa shape index (κ2) is 7.33. The summed E-state index contributed by atoms with van der Waals surface area (Å²) in [6.45, 7) is 6.06. The van der Waals surface area contributed by atoms with E-state index in [4.69, 9.17) is 11.5 Å². The molecule has 0 aromatic heterocycles. The molecule has 5 N–H and O–H groups in total. The lowest BCUT2D eigenvalue weighted by Gasteiger charge is -2.34. The fraction of sp³-hybridized carbons (Fsp3) is 0.846. The molecule has 0 aliphatic carbocycles. The largest absolute Gasteiger partial charge is 0.352 e. The molecule has 6 heteroatoms. The van der Waals surface area contributed by atoms with Crippen LogP contribution in [-0.4, -0.2) is 42.5 Å². The minimum atomic E-state index is -0.514. The van der Waals surface area contributed by atoms with E-state index in [0.717, 1.165) is 19.4 Å². The molecule has 1 fully saturated rings. The maximum atomic E-state index is 12.2. The van der Waals surface area contributed by atoms with Crippen LogP contribution in [-0.2, 0) is 4.79 Å². The number of piperidine rings is 1. The van der Waals surface area contributed by atoms with Gasteiger partial charge in [0.15, 0.2) is 0 Å². The first-order valence-corrected chi connectivity index (χ1v) is 6.97. The minimum absolute atomic E-state index is 0.0254. The molecule has 0 saturated carbocycles. The number of hydrogen-bond donors (Lipinski definition) is 3. The number of carbonyl (C=O) groups is 2. The van der Waals surface area contributed by atoms with E-state index in [-0.39, 0.29) is 11.8 Å². The van der Waals surface area contributed by atoms with Crippen LogP contribution in [0, 0.1) is 11.8 Å². The van der Waals surface area contributed by atoms with Gasteiger partial charge in [0.05, 0.1) is 6.04 Å². The maximum Gasteiger partial charge on any atom is 0.312 e. The number of primary amides is 1. The average molecular weight is 270 g/mol. The Hall–Kier alpha value is -1.30. The number of nitrogens with zero attached hydrogens (tertiary/aromatic N) is 1. The molecule has 1 rings (SSSR count). The first-order chi connectivity index (χ1) is 8.90. The molecule has 110 valence electrons. The number of rotatable bonds is 5. The van der Waals surface area contributed by atoms with Crippen molar-refractivity contribution in [3.63, 3.8) is 0 Å². The second-order valence-corrected chi connectivity index (χ2v) is 5.77. The first kappa shape index (κ1) is 15.8. The van der Waals surface area contributed by atoms with Gasteiger partial charge >= 0.3 is 6.03 Å². The average Bonchev–Trinajstić information content (AvgIpc) is 2.35. The number of urea groups is 1. The topological polar surface area (TPSA) is 101 Å². The first-order valence-electron chi connectivity index (χ1n) is 6.97. The normalized spacial score (nSPS) is 21.3. The van der Waals surface area contributed by atoms with Crippen molar-refractivity contribution >= 4 is 11.9 Å². The number of likely N-dealkylation sites (tertiary alicyclic amines) is 1. The molecule has 3 amide bonds. The highest BCUT2D eigenvalue weighted by atomic mass is 16.2. The Bertz CT molecular complexity index is 320. The third kappa shape index (κ3) is 5.46. The Morgan fingerprint density at radius 1 is 1.42 bits per heavy atom. The second-order valence-electron chi connectivity index (χ2n) is 5.77. The Labute approximate surface area is 114 Å². The van der Waals surface area contributed by atoms with E-state index < -0.39 is 12.1 Å². The standard InChI is InChI=1S/C13H26N4O2/c1-9(2)6-11(14)12(18)17-5-3-4-10(8-17)7-16-13(15)19/h9-11H,3-8,14H2,1-2H3,(H3,15,16,19)/t10?,11-/m0/s1. The van der Waals surface area contributed by atoms with Gasteiger partial charge in [0.25, 0.3) is 0 Å². The summed E-state index contributed by atoms with van der Waals surface area (Å²) in [4.78, 5) is 24.7. The number of nitrogens with one attached hydrogen (secondary N) is 1. The van der Waals surface area contributed by atoms with E-state index in [1.54, 1.807) is 0 Å². The third-order valence-corrected chi connectivity index (χ3v) is 3.44. The van der Waals surface area contributed by atoms with Gasteiger partial charge in [0, 0.05) is 19.6 Å². The molecule has 1 saturated heterocycles. The number of nitrogens with two attached hydrogens (primary N) is 2. The van der Waals surface area contributed by atoms with Gasteiger partial charge in [-0.1, -0.05) is 13.8 Å². The number of amides is 3. The van der Waals surface area contributed by atoms with Gasteiger partial charge < -0.3 is 21.7 Å². The number of carbonyl (C=O) groups excluding carboxylic acids is 2. The molecule has 1 aliphatic rings. The quantitative estimate of drug-likeness (QED) is 0.668. The molecule has 0 radical (unpaired) electrons. The van der Waals surface area contributed by atoms with Crippen molar-refractivity contribution in [1.82, 2.24) is 10.2 Å². The van der Waals surface area contributed by atoms with Crippen molar-refractivity contribution < 1.29 is 9.59 Å². The van der Waals surface area contributed by atoms with E-state index in [2.05, 4.69) is 19.2 Å². The summed E-state index contributed by atoms with van der Waals surface area (Å²) < 4.78 is 0. The molecule has 2 atom stereocenters. The molecule has 0 bridgehead atoms. The maximum absolute atomic E-state index is 12.2. The lowest BCUT2D eigenvalue weighted by Crippen LogP contribution is -2.50. The van der Waals surface area contributed by atoms with Gasteiger partial charge in [0.1, 0.15) is 0 Å². The van der Waals surface area contributed by atoms with Crippen molar-refractivity contribution in [2.45, 2.75) is 39.2 Å². The predicted octanol–water partition coefficient (Wildman–Crippen LogP) is 0.267. The van der Waals surface area contributed by atoms with Gasteiger partial charge in [-0.3, -0.25) is 4.79 Å². The Kier molecular flexibility index (Phi) is 6.08. The summed E-state index contributed by atoms with van der Waals surface area (Å²) >= 11 is 0. The van der Waals surface area contributed by atoms with Crippen molar-refractivity contribution in [1.29, 1.82) is 0 Å². The zero-order valence-electron chi connectivity index (χ0n) is 11.9. The lowest BCUT2D eigenvalue weighted by molar-refractivity contribution is -0.134. The van der Waals surface area contributed by atoms with E-state index in [1.807, 2.05) is 4.90 Å². The van der Waals surface area contributed by atoms with Crippen molar-refractivity contribution in [2.75, 3.05) is 19.6 Å². The van der Waals surface area contributed by atoms with Crippen LogP contribution in [0.3, 0.4) is 0 Å². The molecule has 1 aliphatic heterocycles. The summed E-state index contributed by atoms with van der Waals surface area (Å²) in [7, 11) is 0. The molecule has 1 heterocycles. The van der Waals surface area contributed by atoms with Gasteiger partial charge in [-0.05, 0) is 31.1 Å². The highest BCUT2D eigenvalue weighted by Crippen LogP contribution is 2.17. The highest BCUT2D eigenvalue weighted by molar-refractivity contribution is 5.81. The highest BCUT2D eigenvalue weighted by Gasteiger charge is 2.27. The van der Waals surface area contributed by atoms with E-state index in [0.29, 0.717) is 25.4 Å². The van der Waals surface area contributed by atoms with Crippen LogP contribution in [0.15, 0.2) is 0 Å². The van der Waals surface area contributed by atoms with Crippen LogP contribution in [0.25, 0.3) is 0 Å². The third-order valence-electron chi connectivity index (χ3n) is 3.44. The molecular formula is C13H26N4O2. The predicted molar refractivity (Wildman–Crippen MR) is 74.3 cm³/mol. The lowest BCUT2D eigenvalue weighted by atomic mass is 9.96.